The van der Waals surface area contributed by atoms with Gasteiger partial charge in [-0.15, -0.1) is 12.4 Å². The van der Waals surface area contributed by atoms with Crippen molar-refractivity contribution >= 4 is 12.4 Å². The highest BCUT2D eigenvalue weighted by Gasteiger charge is 1.82. The lowest BCUT2D eigenvalue weighted by atomic mass is 10.4. The topological polar surface area (TPSA) is 3.24 Å². The fourth-order valence-electron chi connectivity index (χ4n) is 0.499. The summed E-state index contributed by atoms with van der Waals surface area (Å²) in [6, 6.07) is 0. The lowest BCUT2D eigenvalue weighted by molar-refractivity contribution is 0.417. The van der Waals surface area contributed by atoms with Crippen molar-refractivity contribution in [1.29, 1.82) is 0 Å². The highest BCUT2D eigenvalue weighted by atomic mass is 35.5. The molecule has 0 radical (unpaired) electrons. The van der Waals surface area contributed by atoms with Crippen molar-refractivity contribution in [3.05, 3.63) is 12.2 Å². The summed E-state index contributed by atoms with van der Waals surface area (Å²) in [5.41, 5.74) is 0. The van der Waals surface area contributed by atoms with Crippen LogP contribution in [0.25, 0.3) is 0 Å². The smallest absolute Gasteiger partial charge is 0.000980 e. The summed E-state index contributed by atoms with van der Waals surface area (Å²) in [6.07, 6.45) is 5.44. The fourth-order valence-corrected chi connectivity index (χ4v) is 0.499. The zero-order valence-electron chi connectivity index (χ0n) is 6.42. The number of rotatable bonds is 3. The van der Waals surface area contributed by atoms with Gasteiger partial charge in [0.2, 0.25) is 0 Å². The maximum absolute atomic E-state index is 2.18. The zero-order valence-corrected chi connectivity index (χ0v) is 7.24. The molecule has 0 unspecified atom stereocenters. The molecule has 56 valence electrons. The number of halogens is 1. The molecule has 0 aromatic heterocycles. The third-order valence-electron chi connectivity index (χ3n) is 0.979. The molecule has 0 rings (SSSR count). The van der Waals surface area contributed by atoms with Gasteiger partial charge in [-0.3, -0.25) is 0 Å². The molecule has 0 aromatic carbocycles. The van der Waals surface area contributed by atoms with Gasteiger partial charge in [0.25, 0.3) is 0 Å². The first kappa shape index (κ1) is 11.7. The van der Waals surface area contributed by atoms with Gasteiger partial charge in [-0.25, -0.2) is 0 Å². The first-order chi connectivity index (χ1) is 3.77. The van der Waals surface area contributed by atoms with E-state index in [4.69, 9.17) is 0 Å². The van der Waals surface area contributed by atoms with Gasteiger partial charge < -0.3 is 4.90 Å². The first-order valence-electron chi connectivity index (χ1n) is 3.03. The van der Waals surface area contributed by atoms with Gasteiger partial charge in [-0.1, -0.05) is 12.2 Å². The van der Waals surface area contributed by atoms with Crippen molar-refractivity contribution in [2.45, 2.75) is 13.3 Å². The van der Waals surface area contributed by atoms with Gasteiger partial charge in [-0.2, -0.15) is 0 Å². The Hall–Kier alpha value is -0.0100. The van der Waals surface area contributed by atoms with Crippen LogP contribution < -0.4 is 0 Å². The molecule has 0 amide bonds. The molecule has 0 aliphatic heterocycles. The number of hydrogen-bond donors (Lipinski definition) is 0. The van der Waals surface area contributed by atoms with E-state index in [1.165, 1.54) is 6.42 Å². The number of allylic oxidation sites excluding steroid dienone is 1. The predicted octanol–water partition coefficient (Wildman–Crippen LogP) is 1.94. The van der Waals surface area contributed by atoms with E-state index in [2.05, 4.69) is 38.1 Å². The van der Waals surface area contributed by atoms with Crippen LogP contribution in [-0.2, 0) is 0 Å². The van der Waals surface area contributed by atoms with Gasteiger partial charge in [0.05, 0.1) is 0 Å². The molecule has 0 aliphatic rings. The molecule has 0 fully saturated rings. The van der Waals surface area contributed by atoms with E-state index < -0.39 is 0 Å². The Bertz CT molecular complexity index is 69.3. The first-order valence-corrected chi connectivity index (χ1v) is 3.03. The van der Waals surface area contributed by atoms with E-state index in [-0.39, 0.29) is 12.4 Å². The van der Waals surface area contributed by atoms with Gasteiger partial charge in [0.1, 0.15) is 0 Å². The molecule has 0 saturated carbocycles. The average molecular weight is 150 g/mol. The summed E-state index contributed by atoms with van der Waals surface area (Å²) in [4.78, 5) is 2.18. The average Bonchev–Trinajstić information content (AvgIpc) is 1.66. The second-order valence-corrected chi connectivity index (χ2v) is 2.16. The van der Waals surface area contributed by atoms with Crippen LogP contribution in [0.5, 0.6) is 0 Å². The third-order valence-corrected chi connectivity index (χ3v) is 0.979. The maximum atomic E-state index is 2.18. The molecular formula is C7H16ClN. The normalized spacial score (nSPS) is 10.2. The molecule has 0 aromatic rings. The summed E-state index contributed by atoms with van der Waals surface area (Å²) in [6.45, 7) is 3.21. The molecule has 9 heavy (non-hydrogen) atoms. The monoisotopic (exact) mass is 149 g/mol. The molecule has 0 aliphatic carbocycles. The van der Waals surface area contributed by atoms with Crippen LogP contribution in [0, 0.1) is 0 Å². The highest BCUT2D eigenvalue weighted by molar-refractivity contribution is 5.85. The summed E-state index contributed by atoms with van der Waals surface area (Å²) in [5, 5.41) is 0. The van der Waals surface area contributed by atoms with Crippen molar-refractivity contribution in [2.24, 2.45) is 0 Å². The Morgan fingerprint density at radius 2 is 1.89 bits per heavy atom. The molecule has 0 saturated heterocycles. The van der Waals surface area contributed by atoms with E-state index >= 15 is 0 Å². The minimum atomic E-state index is 0. The minimum absolute atomic E-state index is 0. The lowest BCUT2D eigenvalue weighted by Gasteiger charge is -2.04. The van der Waals surface area contributed by atoms with Gasteiger partial charge in [0.15, 0.2) is 0 Å². The Morgan fingerprint density at radius 1 is 1.33 bits per heavy atom. The fraction of sp³-hybridized carbons (Fsp3) is 0.714. The Balaban J connectivity index is 0. The van der Waals surface area contributed by atoms with Crippen LogP contribution in [0.1, 0.15) is 13.3 Å². The van der Waals surface area contributed by atoms with Crippen LogP contribution in [0.15, 0.2) is 12.2 Å². The Labute approximate surface area is 64.2 Å². The molecule has 0 heterocycles. The van der Waals surface area contributed by atoms with Crippen LogP contribution >= 0.6 is 12.4 Å². The molecule has 2 heteroatoms. The van der Waals surface area contributed by atoms with Crippen LogP contribution in [0.2, 0.25) is 0 Å². The lowest BCUT2D eigenvalue weighted by Crippen LogP contribution is -2.11. The SMILES string of the molecule is C/C=C/CCN(C)C.Cl. The molecule has 0 spiro atoms. The second kappa shape index (κ2) is 7.99. The van der Waals surface area contributed by atoms with Crippen LogP contribution in [0.3, 0.4) is 0 Å². The molecule has 1 nitrogen and oxygen atoms in total. The van der Waals surface area contributed by atoms with E-state index in [0.717, 1.165) is 6.54 Å². The van der Waals surface area contributed by atoms with E-state index in [1.807, 2.05) is 0 Å². The molecular weight excluding hydrogens is 134 g/mol. The minimum Gasteiger partial charge on any atom is -0.309 e. The summed E-state index contributed by atoms with van der Waals surface area (Å²) >= 11 is 0. The largest absolute Gasteiger partial charge is 0.309 e. The van der Waals surface area contributed by atoms with Crippen molar-refractivity contribution < 1.29 is 0 Å². The second-order valence-electron chi connectivity index (χ2n) is 2.16. The Morgan fingerprint density at radius 3 is 2.22 bits per heavy atom. The van der Waals surface area contributed by atoms with Crippen molar-refractivity contribution in [3.63, 3.8) is 0 Å². The van der Waals surface area contributed by atoms with Gasteiger partial charge >= 0.3 is 0 Å². The van der Waals surface area contributed by atoms with Crippen molar-refractivity contribution in [1.82, 2.24) is 4.90 Å². The van der Waals surface area contributed by atoms with E-state index in [9.17, 15) is 0 Å². The van der Waals surface area contributed by atoms with Gasteiger partial charge in [-0.05, 0) is 27.4 Å². The molecule has 0 bridgehead atoms. The van der Waals surface area contributed by atoms with Crippen molar-refractivity contribution in [2.75, 3.05) is 20.6 Å². The standard InChI is InChI=1S/C7H15N.ClH/c1-4-5-6-7-8(2)3;/h4-5H,6-7H2,1-3H3;1H/b5-4+;. The zero-order chi connectivity index (χ0) is 6.41. The number of nitrogens with zero attached hydrogens (tertiary/aromatic N) is 1. The number of hydrogen-bond acceptors (Lipinski definition) is 1. The summed E-state index contributed by atoms with van der Waals surface area (Å²) in [5.74, 6) is 0. The van der Waals surface area contributed by atoms with Gasteiger partial charge in [0, 0.05) is 6.54 Å². The third kappa shape index (κ3) is 11.5. The predicted molar refractivity (Wildman–Crippen MR) is 45.2 cm³/mol. The Kier molecular flexibility index (Phi) is 10.4. The van der Waals surface area contributed by atoms with Crippen LogP contribution in [0.4, 0.5) is 0 Å². The quantitative estimate of drug-likeness (QED) is 0.555. The summed E-state index contributed by atoms with van der Waals surface area (Å²) < 4.78 is 0. The molecule has 0 N–H and O–H groups in total. The van der Waals surface area contributed by atoms with Crippen LogP contribution in [-0.4, -0.2) is 25.5 Å². The van der Waals surface area contributed by atoms with E-state index in [1.54, 1.807) is 0 Å². The maximum Gasteiger partial charge on any atom is 0.000980 e. The summed E-state index contributed by atoms with van der Waals surface area (Å²) in [7, 11) is 4.17. The van der Waals surface area contributed by atoms with E-state index in [0.29, 0.717) is 0 Å². The highest BCUT2D eigenvalue weighted by Crippen LogP contribution is 1.83. The molecule has 0 atom stereocenters. The van der Waals surface area contributed by atoms with Crippen molar-refractivity contribution in [3.8, 4) is 0 Å².